The number of hydrogen-bond donors (Lipinski definition) is 2. The fraction of sp³-hybridized carbons (Fsp3) is 0.125. The van der Waals surface area contributed by atoms with Crippen molar-refractivity contribution in [3.8, 4) is 0 Å². The molecule has 26 heavy (non-hydrogen) atoms. The van der Waals surface area contributed by atoms with Gasteiger partial charge in [0.25, 0.3) is 17.3 Å². The van der Waals surface area contributed by atoms with Gasteiger partial charge in [-0.3, -0.25) is 25.0 Å². The van der Waals surface area contributed by atoms with Gasteiger partial charge in [0.2, 0.25) is 0 Å². The second-order valence-electron chi connectivity index (χ2n) is 5.58. The van der Waals surface area contributed by atoms with Crippen LogP contribution in [0.5, 0.6) is 0 Å². The lowest BCUT2D eigenvalue weighted by Gasteiger charge is -2.11. The number of aromatic nitrogens is 2. The standard InChI is InChI=1S/C16H13N5O5/c1-9(17-16(22)10-3-2-4-11(7-10)20(23)24)15-18-13-6-5-12(21(25)26)8-14(13)19-15/h2-9H,1H3,(H,17,22)(H,18,19). The number of carbonyl (C=O) groups is 1. The quantitative estimate of drug-likeness (QED) is 0.532. The number of nitrogens with zero attached hydrogens (tertiary/aromatic N) is 3. The van der Waals surface area contributed by atoms with E-state index in [1.165, 1.54) is 42.5 Å². The van der Waals surface area contributed by atoms with Gasteiger partial charge < -0.3 is 10.3 Å². The predicted molar refractivity (Wildman–Crippen MR) is 91.7 cm³/mol. The first kappa shape index (κ1) is 17.0. The Labute approximate surface area is 146 Å². The van der Waals surface area contributed by atoms with Crippen LogP contribution in [0.1, 0.15) is 29.1 Å². The van der Waals surface area contributed by atoms with Crippen LogP contribution in [0.3, 0.4) is 0 Å². The molecular formula is C16H13N5O5. The molecule has 0 spiro atoms. The Bertz CT molecular complexity index is 1030. The SMILES string of the molecule is CC(NC(=O)c1cccc([N+](=O)[O-])c1)c1nc2ccc([N+](=O)[O-])cc2[nH]1. The summed E-state index contributed by atoms with van der Waals surface area (Å²) in [4.78, 5) is 40.1. The number of nitrogens with one attached hydrogen (secondary N) is 2. The monoisotopic (exact) mass is 355 g/mol. The summed E-state index contributed by atoms with van der Waals surface area (Å²) >= 11 is 0. The van der Waals surface area contributed by atoms with Crippen LogP contribution in [-0.4, -0.2) is 25.7 Å². The van der Waals surface area contributed by atoms with Gasteiger partial charge in [-0.25, -0.2) is 4.98 Å². The number of aromatic amines is 1. The van der Waals surface area contributed by atoms with Crippen molar-refractivity contribution in [3.63, 3.8) is 0 Å². The molecule has 0 aliphatic rings. The summed E-state index contributed by atoms with van der Waals surface area (Å²) < 4.78 is 0. The summed E-state index contributed by atoms with van der Waals surface area (Å²) in [6.45, 7) is 1.68. The molecule has 0 bridgehead atoms. The number of carbonyl (C=O) groups excluding carboxylic acids is 1. The van der Waals surface area contributed by atoms with E-state index in [0.29, 0.717) is 16.9 Å². The molecule has 1 heterocycles. The zero-order valence-electron chi connectivity index (χ0n) is 13.5. The lowest BCUT2D eigenvalue weighted by Crippen LogP contribution is -2.27. The van der Waals surface area contributed by atoms with Crippen molar-refractivity contribution < 1.29 is 14.6 Å². The number of H-pyrrole nitrogens is 1. The summed E-state index contributed by atoms with van der Waals surface area (Å²) in [7, 11) is 0. The summed E-state index contributed by atoms with van der Waals surface area (Å²) in [5, 5.41) is 24.3. The minimum atomic E-state index is -0.577. The molecule has 0 aliphatic heterocycles. The van der Waals surface area contributed by atoms with E-state index in [9.17, 15) is 25.0 Å². The van der Waals surface area contributed by atoms with E-state index in [0.717, 1.165) is 0 Å². The lowest BCUT2D eigenvalue weighted by molar-refractivity contribution is -0.385. The molecule has 0 saturated carbocycles. The van der Waals surface area contributed by atoms with E-state index in [1.54, 1.807) is 6.92 Å². The molecule has 0 fully saturated rings. The highest BCUT2D eigenvalue weighted by atomic mass is 16.6. The number of imidazole rings is 1. The summed E-state index contributed by atoms with van der Waals surface area (Å²) in [6, 6.07) is 9.07. The molecule has 0 aliphatic carbocycles. The van der Waals surface area contributed by atoms with Crippen molar-refractivity contribution in [2.75, 3.05) is 0 Å². The van der Waals surface area contributed by atoms with E-state index in [2.05, 4.69) is 15.3 Å². The third-order valence-electron chi connectivity index (χ3n) is 3.77. The van der Waals surface area contributed by atoms with Crippen LogP contribution in [0.4, 0.5) is 11.4 Å². The normalized spacial score (nSPS) is 11.9. The molecule has 2 N–H and O–H groups in total. The van der Waals surface area contributed by atoms with E-state index in [1.807, 2.05) is 0 Å². The van der Waals surface area contributed by atoms with Crippen LogP contribution in [-0.2, 0) is 0 Å². The minimum absolute atomic E-state index is 0.0685. The largest absolute Gasteiger partial charge is 0.342 e. The number of nitro groups is 2. The molecule has 10 heteroatoms. The summed E-state index contributed by atoms with van der Waals surface area (Å²) in [5.41, 5.74) is 0.910. The molecular weight excluding hydrogens is 342 g/mol. The van der Waals surface area contributed by atoms with Crippen LogP contribution in [0.2, 0.25) is 0 Å². The highest BCUT2D eigenvalue weighted by Gasteiger charge is 2.17. The number of nitro benzene ring substituents is 2. The van der Waals surface area contributed by atoms with Gasteiger partial charge in [0.15, 0.2) is 0 Å². The highest BCUT2D eigenvalue weighted by Crippen LogP contribution is 2.21. The van der Waals surface area contributed by atoms with Crippen molar-refractivity contribution in [2.45, 2.75) is 13.0 Å². The van der Waals surface area contributed by atoms with Crippen LogP contribution < -0.4 is 5.32 Å². The third kappa shape index (κ3) is 3.34. The third-order valence-corrected chi connectivity index (χ3v) is 3.77. The Kier molecular flexibility index (Phi) is 4.31. The highest BCUT2D eigenvalue weighted by molar-refractivity contribution is 5.95. The summed E-state index contributed by atoms with van der Waals surface area (Å²) in [6.07, 6.45) is 0. The van der Waals surface area contributed by atoms with Crippen LogP contribution in [0, 0.1) is 20.2 Å². The molecule has 1 atom stereocenters. The average molecular weight is 355 g/mol. The molecule has 1 unspecified atom stereocenters. The Hall–Kier alpha value is -3.82. The first-order valence-corrected chi connectivity index (χ1v) is 7.54. The minimum Gasteiger partial charge on any atom is -0.342 e. The molecule has 10 nitrogen and oxygen atoms in total. The molecule has 132 valence electrons. The maximum Gasteiger partial charge on any atom is 0.271 e. The van der Waals surface area contributed by atoms with Gasteiger partial charge >= 0.3 is 0 Å². The molecule has 3 rings (SSSR count). The van der Waals surface area contributed by atoms with Crippen molar-refractivity contribution in [1.29, 1.82) is 0 Å². The maximum absolute atomic E-state index is 12.3. The first-order chi connectivity index (χ1) is 12.3. The zero-order valence-corrected chi connectivity index (χ0v) is 13.5. The fourth-order valence-corrected chi connectivity index (χ4v) is 2.45. The predicted octanol–water partition coefficient (Wildman–Crippen LogP) is 2.87. The van der Waals surface area contributed by atoms with E-state index in [4.69, 9.17) is 0 Å². The second-order valence-corrected chi connectivity index (χ2v) is 5.58. The number of benzene rings is 2. The Morgan fingerprint density at radius 2 is 1.81 bits per heavy atom. The van der Waals surface area contributed by atoms with Gasteiger partial charge in [-0.1, -0.05) is 6.07 Å². The number of hydrogen-bond acceptors (Lipinski definition) is 6. The molecule has 3 aromatic rings. The van der Waals surface area contributed by atoms with Gasteiger partial charge in [0, 0.05) is 29.8 Å². The lowest BCUT2D eigenvalue weighted by atomic mass is 10.2. The van der Waals surface area contributed by atoms with Crippen molar-refractivity contribution in [1.82, 2.24) is 15.3 Å². The maximum atomic E-state index is 12.3. The van der Waals surface area contributed by atoms with Gasteiger partial charge in [-0.2, -0.15) is 0 Å². The molecule has 2 aromatic carbocycles. The van der Waals surface area contributed by atoms with Gasteiger partial charge in [0.05, 0.1) is 26.9 Å². The van der Waals surface area contributed by atoms with Crippen molar-refractivity contribution in [2.24, 2.45) is 0 Å². The first-order valence-electron chi connectivity index (χ1n) is 7.54. The van der Waals surface area contributed by atoms with Gasteiger partial charge in [-0.15, -0.1) is 0 Å². The molecule has 0 saturated heterocycles. The fourth-order valence-electron chi connectivity index (χ4n) is 2.45. The smallest absolute Gasteiger partial charge is 0.271 e. The zero-order chi connectivity index (χ0) is 18.8. The number of amides is 1. The van der Waals surface area contributed by atoms with E-state index >= 15 is 0 Å². The van der Waals surface area contributed by atoms with Crippen molar-refractivity contribution in [3.05, 3.63) is 74.1 Å². The molecule has 1 aromatic heterocycles. The number of rotatable bonds is 5. The topological polar surface area (TPSA) is 144 Å². The number of non-ortho nitro benzene ring substituents is 2. The molecule has 0 radical (unpaired) electrons. The van der Waals surface area contributed by atoms with Crippen molar-refractivity contribution >= 4 is 28.3 Å². The van der Waals surface area contributed by atoms with Gasteiger partial charge in [0.1, 0.15) is 5.82 Å². The van der Waals surface area contributed by atoms with Gasteiger partial charge in [-0.05, 0) is 19.1 Å². The molecule has 1 amide bonds. The van der Waals surface area contributed by atoms with Crippen LogP contribution in [0.25, 0.3) is 11.0 Å². The Morgan fingerprint density at radius 3 is 2.50 bits per heavy atom. The number of fused-ring (bicyclic) bond motifs is 1. The van der Waals surface area contributed by atoms with E-state index in [-0.39, 0.29) is 16.9 Å². The Morgan fingerprint density at radius 1 is 1.12 bits per heavy atom. The van der Waals surface area contributed by atoms with E-state index < -0.39 is 21.8 Å². The Balaban J connectivity index is 1.81. The summed E-state index contributed by atoms with van der Waals surface area (Å²) in [5.74, 6) is -0.0769. The second kappa shape index (κ2) is 6.59. The average Bonchev–Trinajstić information content (AvgIpc) is 3.05. The van der Waals surface area contributed by atoms with Crippen LogP contribution in [0.15, 0.2) is 42.5 Å². The van der Waals surface area contributed by atoms with Crippen LogP contribution >= 0.6 is 0 Å².